The molecule has 2 heterocycles. The number of anilines is 2. The number of tetrazole rings is 1. The van der Waals surface area contributed by atoms with Gasteiger partial charge in [0, 0.05) is 57.0 Å². The fourth-order valence-electron chi connectivity index (χ4n) is 3.92. The summed E-state index contributed by atoms with van der Waals surface area (Å²) in [6.45, 7) is 3.86. The third-order valence-electron chi connectivity index (χ3n) is 5.71. The summed E-state index contributed by atoms with van der Waals surface area (Å²) in [5.74, 6) is 2.12. The van der Waals surface area contributed by atoms with Crippen LogP contribution in [0.4, 0.5) is 11.6 Å². The van der Waals surface area contributed by atoms with Gasteiger partial charge in [-0.05, 0) is 22.6 Å². The fourth-order valence-corrected chi connectivity index (χ4v) is 3.92. The van der Waals surface area contributed by atoms with E-state index in [9.17, 15) is 4.79 Å². The first-order chi connectivity index (χ1) is 16.6. The molecule has 34 heavy (non-hydrogen) atoms. The zero-order valence-electron chi connectivity index (χ0n) is 19.6. The minimum Gasteiger partial charge on any atom is -0.493 e. The Morgan fingerprint density at radius 1 is 0.971 bits per heavy atom. The molecule has 4 rings (SSSR count). The number of amides is 1. The first-order valence-corrected chi connectivity index (χ1v) is 11.0. The minimum atomic E-state index is -0.0790. The zero-order valence-corrected chi connectivity index (χ0v) is 19.6. The Kier molecular flexibility index (Phi) is 7.43. The van der Waals surface area contributed by atoms with Gasteiger partial charge in [-0.25, -0.2) is 0 Å². The van der Waals surface area contributed by atoms with Crippen molar-refractivity contribution in [3.8, 4) is 22.9 Å². The van der Waals surface area contributed by atoms with E-state index in [-0.39, 0.29) is 5.91 Å². The summed E-state index contributed by atoms with van der Waals surface area (Å²) < 4.78 is 17.8. The lowest BCUT2D eigenvalue weighted by molar-refractivity contribution is -0.116. The van der Waals surface area contributed by atoms with Gasteiger partial charge in [-0.2, -0.15) is 4.68 Å². The SMILES string of the molecule is COc1cc(NC(=O)CCN2CCN(c3nnnn3-c3ccccc3)CC2)cc(OC)c1OC. The normalized spacial score (nSPS) is 14.0. The van der Waals surface area contributed by atoms with Crippen molar-refractivity contribution < 1.29 is 19.0 Å². The van der Waals surface area contributed by atoms with E-state index in [0.717, 1.165) is 37.8 Å². The van der Waals surface area contributed by atoms with E-state index in [4.69, 9.17) is 14.2 Å². The van der Waals surface area contributed by atoms with Crippen LogP contribution in [0.5, 0.6) is 17.2 Å². The number of benzene rings is 2. The largest absolute Gasteiger partial charge is 0.493 e. The van der Waals surface area contributed by atoms with E-state index >= 15 is 0 Å². The number of carbonyl (C=O) groups excluding carboxylic acids is 1. The highest BCUT2D eigenvalue weighted by molar-refractivity contribution is 5.91. The quantitative estimate of drug-likeness (QED) is 0.504. The molecule has 1 saturated heterocycles. The predicted octanol–water partition coefficient (Wildman–Crippen LogP) is 1.84. The average Bonchev–Trinajstić information content (AvgIpc) is 3.37. The Bertz CT molecular complexity index is 1070. The Labute approximate surface area is 198 Å². The van der Waals surface area contributed by atoms with Crippen molar-refractivity contribution in [2.75, 3.05) is 64.3 Å². The molecule has 1 fully saturated rings. The van der Waals surface area contributed by atoms with Crippen molar-refractivity contribution >= 4 is 17.5 Å². The second-order valence-corrected chi connectivity index (χ2v) is 7.77. The smallest absolute Gasteiger partial charge is 0.250 e. The monoisotopic (exact) mass is 467 g/mol. The Morgan fingerprint density at radius 2 is 1.65 bits per heavy atom. The van der Waals surface area contributed by atoms with E-state index in [1.165, 1.54) is 0 Å². The standard InChI is InChI=1S/C23H29N7O4/c1-32-19-15-17(16-20(33-2)22(19)34-3)24-21(31)9-10-28-11-13-29(14-12-28)23-25-26-27-30(23)18-7-5-4-6-8-18/h4-8,15-16H,9-14H2,1-3H3,(H,24,31). The molecule has 11 heteroatoms. The summed E-state index contributed by atoms with van der Waals surface area (Å²) in [6.07, 6.45) is 0.373. The first kappa shape index (κ1) is 23.3. The van der Waals surface area contributed by atoms with Gasteiger partial charge < -0.3 is 24.4 Å². The van der Waals surface area contributed by atoms with Crippen molar-refractivity contribution in [2.45, 2.75) is 6.42 Å². The third kappa shape index (κ3) is 5.20. The van der Waals surface area contributed by atoms with Gasteiger partial charge in [0.15, 0.2) is 11.5 Å². The van der Waals surface area contributed by atoms with Crippen LogP contribution in [-0.2, 0) is 4.79 Å². The van der Waals surface area contributed by atoms with Gasteiger partial charge >= 0.3 is 0 Å². The molecule has 0 spiro atoms. The van der Waals surface area contributed by atoms with Crippen LogP contribution in [0.3, 0.4) is 0 Å². The van der Waals surface area contributed by atoms with Crippen molar-refractivity contribution in [1.82, 2.24) is 25.1 Å². The summed E-state index contributed by atoms with van der Waals surface area (Å²) in [5.41, 5.74) is 1.52. The number of aromatic nitrogens is 4. The van der Waals surface area contributed by atoms with Crippen LogP contribution in [0.25, 0.3) is 5.69 Å². The molecule has 11 nitrogen and oxygen atoms in total. The molecular formula is C23H29N7O4. The molecule has 0 atom stereocenters. The molecule has 1 aliphatic heterocycles. The number of hydrogen-bond acceptors (Lipinski definition) is 9. The van der Waals surface area contributed by atoms with Gasteiger partial charge in [0.1, 0.15) is 0 Å². The highest BCUT2D eigenvalue weighted by Gasteiger charge is 2.23. The van der Waals surface area contributed by atoms with E-state index in [1.54, 1.807) is 38.1 Å². The third-order valence-corrected chi connectivity index (χ3v) is 5.71. The molecule has 3 aromatic rings. The number of piperazine rings is 1. The lowest BCUT2D eigenvalue weighted by Gasteiger charge is -2.34. The highest BCUT2D eigenvalue weighted by Crippen LogP contribution is 2.39. The lowest BCUT2D eigenvalue weighted by Crippen LogP contribution is -2.47. The summed E-state index contributed by atoms with van der Waals surface area (Å²) in [4.78, 5) is 17.0. The number of ether oxygens (including phenoxy) is 3. The number of hydrogen-bond donors (Lipinski definition) is 1. The number of rotatable bonds is 9. The number of carbonyl (C=O) groups is 1. The van der Waals surface area contributed by atoms with Crippen molar-refractivity contribution in [3.63, 3.8) is 0 Å². The maximum atomic E-state index is 12.6. The second-order valence-electron chi connectivity index (χ2n) is 7.77. The molecule has 0 unspecified atom stereocenters. The molecule has 1 aromatic heterocycles. The number of methoxy groups -OCH3 is 3. The van der Waals surface area contributed by atoms with E-state index < -0.39 is 0 Å². The van der Waals surface area contributed by atoms with Gasteiger partial charge in [-0.3, -0.25) is 9.69 Å². The first-order valence-electron chi connectivity index (χ1n) is 11.0. The molecule has 0 saturated carbocycles. The molecule has 0 radical (unpaired) electrons. The van der Waals surface area contributed by atoms with Crippen LogP contribution >= 0.6 is 0 Å². The van der Waals surface area contributed by atoms with Gasteiger partial charge in [0.25, 0.3) is 0 Å². The fraction of sp³-hybridized carbons (Fsp3) is 0.391. The number of para-hydroxylation sites is 1. The van der Waals surface area contributed by atoms with Gasteiger partial charge in [0.05, 0.1) is 27.0 Å². The molecule has 0 bridgehead atoms. The second kappa shape index (κ2) is 10.8. The molecule has 1 N–H and O–H groups in total. The van der Waals surface area contributed by atoms with E-state index in [1.807, 2.05) is 30.3 Å². The number of nitrogens with one attached hydrogen (secondary N) is 1. The maximum absolute atomic E-state index is 12.6. The van der Waals surface area contributed by atoms with Gasteiger partial charge in [-0.15, -0.1) is 0 Å². The maximum Gasteiger partial charge on any atom is 0.250 e. The molecule has 180 valence electrons. The highest BCUT2D eigenvalue weighted by atomic mass is 16.5. The topological polar surface area (TPSA) is 107 Å². The van der Waals surface area contributed by atoms with Crippen LogP contribution < -0.4 is 24.4 Å². The Hall–Kier alpha value is -3.86. The Morgan fingerprint density at radius 3 is 2.26 bits per heavy atom. The van der Waals surface area contributed by atoms with Crippen LogP contribution in [0, 0.1) is 0 Å². The summed E-state index contributed by atoms with van der Waals surface area (Å²) in [7, 11) is 4.63. The molecular weight excluding hydrogens is 438 g/mol. The van der Waals surface area contributed by atoms with Crippen molar-refractivity contribution in [1.29, 1.82) is 0 Å². The zero-order chi connectivity index (χ0) is 23.9. The van der Waals surface area contributed by atoms with E-state index in [0.29, 0.717) is 35.9 Å². The minimum absolute atomic E-state index is 0.0790. The summed E-state index contributed by atoms with van der Waals surface area (Å²) >= 11 is 0. The van der Waals surface area contributed by atoms with Crippen LogP contribution in [0.2, 0.25) is 0 Å². The Balaban J connectivity index is 1.29. The predicted molar refractivity (Wildman–Crippen MR) is 127 cm³/mol. The lowest BCUT2D eigenvalue weighted by atomic mass is 10.2. The average molecular weight is 468 g/mol. The molecule has 0 aliphatic carbocycles. The molecule has 2 aromatic carbocycles. The van der Waals surface area contributed by atoms with Gasteiger partial charge in [-0.1, -0.05) is 23.3 Å². The summed E-state index contributed by atoms with van der Waals surface area (Å²) in [5, 5.41) is 15.1. The van der Waals surface area contributed by atoms with Crippen molar-refractivity contribution in [3.05, 3.63) is 42.5 Å². The number of nitrogens with zero attached hydrogens (tertiary/aromatic N) is 6. The van der Waals surface area contributed by atoms with Gasteiger partial charge in [0.2, 0.25) is 17.6 Å². The van der Waals surface area contributed by atoms with Crippen LogP contribution in [-0.4, -0.2) is 85.1 Å². The van der Waals surface area contributed by atoms with Crippen LogP contribution in [0.1, 0.15) is 6.42 Å². The summed E-state index contributed by atoms with van der Waals surface area (Å²) in [6, 6.07) is 13.3. The van der Waals surface area contributed by atoms with Crippen LogP contribution in [0.15, 0.2) is 42.5 Å². The van der Waals surface area contributed by atoms with E-state index in [2.05, 4.69) is 30.6 Å². The molecule has 1 aliphatic rings. The van der Waals surface area contributed by atoms with Crippen molar-refractivity contribution in [2.24, 2.45) is 0 Å². The molecule has 1 amide bonds.